The molecule has 0 atom stereocenters. The molecule has 0 bridgehead atoms. The van der Waals surface area contributed by atoms with Crippen LogP contribution in [0.25, 0.3) is 0 Å². The van der Waals surface area contributed by atoms with Gasteiger partial charge in [-0.05, 0) is 38.5 Å². The second-order valence-electron chi connectivity index (χ2n) is 5.28. The van der Waals surface area contributed by atoms with Gasteiger partial charge < -0.3 is 15.3 Å². The van der Waals surface area contributed by atoms with Gasteiger partial charge in [0.25, 0.3) is 10.1 Å². The van der Waals surface area contributed by atoms with E-state index in [4.69, 9.17) is 10.2 Å². The van der Waals surface area contributed by atoms with Crippen molar-refractivity contribution in [1.82, 2.24) is 0 Å². The fourth-order valence-electron chi connectivity index (χ4n) is 1.69. The Bertz CT molecular complexity index is 350. The molecule has 2 fully saturated rings. The topological polar surface area (TPSA) is 104 Å². The summed E-state index contributed by atoms with van der Waals surface area (Å²) in [7, 11) is -3.39. The maximum Gasteiger partial charge on any atom is 0.264 e. The van der Waals surface area contributed by atoms with Crippen LogP contribution in [0.5, 0.6) is 0 Å². The molecule has 2 aliphatic rings. The fraction of sp³-hybridized carbons (Fsp3) is 1.00. The third kappa shape index (κ3) is 5.19. The summed E-state index contributed by atoms with van der Waals surface area (Å²) in [6.07, 6.45) is 5.84. The molecule has 0 unspecified atom stereocenters. The minimum Gasteiger partial charge on any atom is -0.393 e. The number of aliphatic hydroxyl groups is 3. The first-order valence-electron chi connectivity index (χ1n) is 6.08. The minimum atomic E-state index is -3.39. The summed E-state index contributed by atoms with van der Waals surface area (Å²) in [5.74, 6) is 0. The van der Waals surface area contributed by atoms with Gasteiger partial charge in [-0.3, -0.25) is 4.18 Å². The van der Waals surface area contributed by atoms with Gasteiger partial charge in [0.1, 0.15) is 0 Å². The summed E-state index contributed by atoms with van der Waals surface area (Å²) in [4.78, 5) is 0. The zero-order valence-corrected chi connectivity index (χ0v) is 11.4. The van der Waals surface area contributed by atoms with Crippen LogP contribution in [0.2, 0.25) is 0 Å². The zero-order chi connectivity index (χ0) is 13.9. The molecule has 2 rings (SSSR count). The van der Waals surface area contributed by atoms with Gasteiger partial charge in [0, 0.05) is 0 Å². The van der Waals surface area contributed by atoms with E-state index in [2.05, 4.69) is 4.18 Å². The van der Waals surface area contributed by atoms with E-state index in [1.807, 2.05) is 0 Å². The Kier molecular flexibility index (Phi) is 5.13. The molecule has 0 amide bonds. The molecule has 0 aromatic heterocycles. The smallest absolute Gasteiger partial charge is 0.264 e. The lowest BCUT2D eigenvalue weighted by Gasteiger charge is -2.35. The van der Waals surface area contributed by atoms with Crippen molar-refractivity contribution >= 4 is 10.1 Å². The van der Waals surface area contributed by atoms with Gasteiger partial charge in [-0.2, -0.15) is 8.42 Å². The van der Waals surface area contributed by atoms with Crippen molar-refractivity contribution in [2.45, 2.75) is 49.7 Å². The Balaban J connectivity index is 0.000000199. The molecule has 0 heterocycles. The van der Waals surface area contributed by atoms with Crippen LogP contribution in [0.4, 0.5) is 0 Å². The summed E-state index contributed by atoms with van der Waals surface area (Å²) in [5.41, 5.74) is -1.55. The molecule has 0 aromatic carbocycles. The molecule has 108 valence electrons. The zero-order valence-electron chi connectivity index (χ0n) is 10.6. The minimum absolute atomic E-state index is 0.0625. The van der Waals surface area contributed by atoms with E-state index < -0.39 is 21.3 Å². The van der Waals surface area contributed by atoms with Gasteiger partial charge in [0.2, 0.25) is 0 Å². The highest BCUT2D eigenvalue weighted by Gasteiger charge is 2.35. The van der Waals surface area contributed by atoms with Crippen LogP contribution in [-0.4, -0.2) is 54.4 Å². The molecule has 7 heteroatoms. The highest BCUT2D eigenvalue weighted by atomic mass is 32.2. The van der Waals surface area contributed by atoms with Crippen molar-refractivity contribution in [3.63, 3.8) is 0 Å². The normalized spacial score (nSPS) is 24.2. The number of aliphatic hydroxyl groups excluding tert-OH is 1. The molecule has 18 heavy (non-hydrogen) atoms. The van der Waals surface area contributed by atoms with Crippen LogP contribution >= 0.6 is 0 Å². The number of hydrogen-bond donors (Lipinski definition) is 3. The molecular formula is C11H22O6S. The molecule has 6 nitrogen and oxygen atoms in total. The summed E-state index contributed by atoms with van der Waals surface area (Å²) in [6, 6.07) is 0. The third-order valence-corrected chi connectivity index (χ3v) is 3.95. The monoisotopic (exact) mass is 282 g/mol. The molecule has 0 radical (unpaired) electrons. The van der Waals surface area contributed by atoms with Crippen molar-refractivity contribution in [3.8, 4) is 0 Å². The van der Waals surface area contributed by atoms with E-state index in [0.29, 0.717) is 12.8 Å². The number of hydrogen-bond acceptors (Lipinski definition) is 6. The largest absolute Gasteiger partial charge is 0.393 e. The van der Waals surface area contributed by atoms with Gasteiger partial charge in [-0.25, -0.2) is 0 Å². The number of rotatable bonds is 4. The second-order valence-corrected chi connectivity index (χ2v) is 6.92. The van der Waals surface area contributed by atoms with E-state index in [1.165, 1.54) is 0 Å². The van der Waals surface area contributed by atoms with Crippen LogP contribution in [0, 0.1) is 0 Å². The van der Waals surface area contributed by atoms with Gasteiger partial charge in [0.05, 0.1) is 30.7 Å². The predicted molar refractivity (Wildman–Crippen MR) is 65.5 cm³/mol. The summed E-state index contributed by atoms with van der Waals surface area (Å²) < 4.78 is 25.4. The SMILES string of the molecule is CS(=O)(=O)OCC1(O)CCC1.OCC1(O)CCC1. The molecule has 0 spiro atoms. The van der Waals surface area contributed by atoms with Crippen molar-refractivity contribution in [2.24, 2.45) is 0 Å². The highest BCUT2D eigenvalue weighted by molar-refractivity contribution is 7.85. The second kappa shape index (κ2) is 5.83. The molecule has 2 aliphatic carbocycles. The molecule has 0 aliphatic heterocycles. The Labute approximate surface area is 108 Å². The first-order chi connectivity index (χ1) is 8.18. The van der Waals surface area contributed by atoms with E-state index in [0.717, 1.165) is 31.9 Å². The molecule has 0 saturated heterocycles. The van der Waals surface area contributed by atoms with Crippen molar-refractivity contribution in [2.75, 3.05) is 19.5 Å². The average molecular weight is 282 g/mol. The summed E-state index contributed by atoms with van der Waals surface area (Å²) in [5, 5.41) is 26.7. The van der Waals surface area contributed by atoms with Crippen LogP contribution in [-0.2, 0) is 14.3 Å². The van der Waals surface area contributed by atoms with Crippen molar-refractivity contribution in [1.29, 1.82) is 0 Å². The third-order valence-electron chi connectivity index (χ3n) is 3.40. The molecule has 0 aromatic rings. The Morgan fingerprint density at radius 3 is 1.67 bits per heavy atom. The standard InChI is InChI=1S/C6H12O4S.C5H10O2/c1-11(8,9)10-5-6(7)3-2-4-6;6-4-5(7)2-1-3-5/h7H,2-5H2,1H3;6-7H,1-4H2. The van der Waals surface area contributed by atoms with Gasteiger partial charge in [0.15, 0.2) is 0 Å². The van der Waals surface area contributed by atoms with Gasteiger partial charge in [-0.1, -0.05) is 0 Å². The van der Waals surface area contributed by atoms with Crippen LogP contribution in [0.15, 0.2) is 0 Å². The fourth-order valence-corrected chi connectivity index (χ4v) is 2.12. The Morgan fingerprint density at radius 1 is 1.06 bits per heavy atom. The lowest BCUT2D eigenvalue weighted by molar-refractivity contribution is -0.0738. The molecule has 2 saturated carbocycles. The van der Waals surface area contributed by atoms with Crippen LogP contribution < -0.4 is 0 Å². The molecular weight excluding hydrogens is 260 g/mol. The van der Waals surface area contributed by atoms with Crippen molar-refractivity contribution < 1.29 is 27.9 Å². The lowest BCUT2D eigenvalue weighted by Crippen LogP contribution is -2.42. The highest BCUT2D eigenvalue weighted by Crippen LogP contribution is 2.32. The van der Waals surface area contributed by atoms with Crippen LogP contribution in [0.3, 0.4) is 0 Å². The Morgan fingerprint density at radius 2 is 1.50 bits per heavy atom. The van der Waals surface area contributed by atoms with Gasteiger partial charge >= 0.3 is 0 Å². The van der Waals surface area contributed by atoms with E-state index in [1.54, 1.807) is 0 Å². The van der Waals surface area contributed by atoms with E-state index in [-0.39, 0.29) is 13.2 Å². The molecule has 3 N–H and O–H groups in total. The average Bonchev–Trinajstić information content (AvgIpc) is 2.20. The maximum atomic E-state index is 10.5. The summed E-state index contributed by atoms with van der Waals surface area (Å²) >= 11 is 0. The maximum absolute atomic E-state index is 10.5. The first-order valence-corrected chi connectivity index (χ1v) is 7.90. The quantitative estimate of drug-likeness (QED) is 0.615. The van der Waals surface area contributed by atoms with Gasteiger partial charge in [-0.15, -0.1) is 0 Å². The van der Waals surface area contributed by atoms with Crippen LogP contribution in [0.1, 0.15) is 38.5 Å². The lowest BCUT2D eigenvalue weighted by atomic mass is 9.81. The Hall–Kier alpha value is -0.210. The van der Waals surface area contributed by atoms with E-state index in [9.17, 15) is 13.5 Å². The predicted octanol–water partition coefficient (Wildman–Crippen LogP) is -0.229. The van der Waals surface area contributed by atoms with Crippen molar-refractivity contribution in [3.05, 3.63) is 0 Å². The van der Waals surface area contributed by atoms with E-state index >= 15 is 0 Å². The first kappa shape index (κ1) is 15.8. The summed E-state index contributed by atoms with van der Waals surface area (Å²) in [6.45, 7) is -0.154.